The maximum Gasteiger partial charge on any atom is 0.133 e. The topological polar surface area (TPSA) is 9.23 Å². The van der Waals surface area contributed by atoms with E-state index in [9.17, 15) is 0 Å². The lowest BCUT2D eigenvalue weighted by Gasteiger charge is -2.29. The highest BCUT2D eigenvalue weighted by molar-refractivity contribution is 9.10. The van der Waals surface area contributed by atoms with E-state index < -0.39 is 0 Å². The van der Waals surface area contributed by atoms with Crippen LogP contribution in [0.2, 0.25) is 0 Å². The first-order valence-electron chi connectivity index (χ1n) is 12.8. The molecule has 2 aromatic rings. The third kappa shape index (κ3) is 7.90. The Balaban J connectivity index is 1.50. The van der Waals surface area contributed by atoms with Crippen molar-refractivity contribution < 1.29 is 4.74 Å². The Kier molecular flexibility index (Phi) is 11.1. The van der Waals surface area contributed by atoms with E-state index in [0.29, 0.717) is 0 Å². The largest absolute Gasteiger partial charge is 0.492 e. The van der Waals surface area contributed by atoms with Gasteiger partial charge in [-0.3, -0.25) is 0 Å². The van der Waals surface area contributed by atoms with Gasteiger partial charge in [0.2, 0.25) is 0 Å². The number of halogens is 2. The highest BCUT2D eigenvalue weighted by Gasteiger charge is 2.23. The molecular formula is C29H40Br2O. The Morgan fingerprint density at radius 3 is 2.06 bits per heavy atom. The summed E-state index contributed by atoms with van der Waals surface area (Å²) < 4.78 is 8.23. The lowest BCUT2D eigenvalue weighted by molar-refractivity contribution is 0.302. The van der Waals surface area contributed by atoms with E-state index in [0.717, 1.165) is 54.3 Å². The number of unbranched alkanes of at least 4 members (excludes halogenated alkanes) is 3. The molecule has 1 nitrogen and oxygen atoms in total. The molecule has 1 fully saturated rings. The summed E-state index contributed by atoms with van der Waals surface area (Å²) in [5, 5.41) is 0. The molecule has 0 saturated heterocycles. The molecule has 0 N–H and O–H groups in total. The van der Waals surface area contributed by atoms with Crippen LogP contribution in [0.25, 0.3) is 0 Å². The van der Waals surface area contributed by atoms with Crippen LogP contribution in [0.4, 0.5) is 0 Å². The van der Waals surface area contributed by atoms with Crippen molar-refractivity contribution in [1.82, 2.24) is 0 Å². The molecule has 0 atom stereocenters. The number of benzene rings is 2. The molecule has 0 unspecified atom stereocenters. The van der Waals surface area contributed by atoms with Crippen LogP contribution < -0.4 is 4.74 Å². The lowest BCUT2D eigenvalue weighted by atomic mass is 9.77. The Hall–Kier alpha value is -0.800. The molecule has 176 valence electrons. The predicted molar refractivity (Wildman–Crippen MR) is 145 cm³/mol. The van der Waals surface area contributed by atoms with E-state index in [-0.39, 0.29) is 0 Å². The molecule has 0 aromatic heterocycles. The van der Waals surface area contributed by atoms with Gasteiger partial charge in [0, 0.05) is 4.47 Å². The van der Waals surface area contributed by atoms with Gasteiger partial charge in [-0.15, -0.1) is 0 Å². The fourth-order valence-electron chi connectivity index (χ4n) is 4.93. The Morgan fingerprint density at radius 1 is 0.781 bits per heavy atom. The number of hydrogen-bond acceptors (Lipinski definition) is 1. The van der Waals surface area contributed by atoms with Crippen LogP contribution in [0.5, 0.6) is 5.75 Å². The summed E-state index contributed by atoms with van der Waals surface area (Å²) in [6.07, 6.45) is 15.5. The monoisotopic (exact) mass is 562 g/mol. The molecule has 0 aliphatic heterocycles. The second kappa shape index (κ2) is 13.8. The summed E-state index contributed by atoms with van der Waals surface area (Å²) >= 11 is 7.58. The van der Waals surface area contributed by atoms with Gasteiger partial charge in [-0.25, -0.2) is 0 Å². The summed E-state index contributed by atoms with van der Waals surface area (Å²) in [5.41, 5.74) is 4.28. The standard InChI is InChI=1S/C29H40Br2O/c1-3-5-7-8-22-11-15-25(16-12-22)26-17-13-23(20-27(26)30)9-10-24-14-18-29(28(31)21-24)32-19-6-4-2/h13-14,17-18,20-22,25H,3-12,15-16,19H2,1-2H3. The molecule has 0 amide bonds. The highest BCUT2D eigenvalue weighted by atomic mass is 79.9. The smallest absolute Gasteiger partial charge is 0.133 e. The average Bonchev–Trinajstić information content (AvgIpc) is 2.80. The molecule has 0 spiro atoms. The van der Waals surface area contributed by atoms with Crippen molar-refractivity contribution in [3.8, 4) is 5.75 Å². The second-order valence-corrected chi connectivity index (χ2v) is 11.2. The van der Waals surface area contributed by atoms with Crippen molar-refractivity contribution >= 4 is 31.9 Å². The molecule has 32 heavy (non-hydrogen) atoms. The summed E-state index contributed by atoms with van der Waals surface area (Å²) in [5.74, 6) is 2.66. The fourth-order valence-corrected chi connectivity index (χ4v) is 6.23. The molecule has 1 aliphatic rings. The van der Waals surface area contributed by atoms with Crippen molar-refractivity contribution in [3.05, 3.63) is 62.0 Å². The molecule has 2 aromatic carbocycles. The van der Waals surface area contributed by atoms with E-state index in [1.807, 2.05) is 0 Å². The first-order valence-corrected chi connectivity index (χ1v) is 14.4. The molecule has 0 heterocycles. The molecule has 3 rings (SSSR count). The first kappa shape index (κ1) is 25.8. The third-order valence-corrected chi connectivity index (χ3v) is 8.33. The molecule has 1 saturated carbocycles. The molecule has 0 bridgehead atoms. The highest BCUT2D eigenvalue weighted by Crippen LogP contribution is 2.40. The van der Waals surface area contributed by atoms with Crippen molar-refractivity contribution in [2.45, 2.75) is 96.8 Å². The van der Waals surface area contributed by atoms with Gasteiger partial charge in [0.25, 0.3) is 0 Å². The van der Waals surface area contributed by atoms with Crippen molar-refractivity contribution in [1.29, 1.82) is 0 Å². The number of aryl methyl sites for hydroxylation is 2. The molecule has 1 aliphatic carbocycles. The zero-order valence-corrected chi connectivity index (χ0v) is 23.1. The van der Waals surface area contributed by atoms with E-state index in [4.69, 9.17) is 4.74 Å². The molecular weight excluding hydrogens is 524 g/mol. The minimum Gasteiger partial charge on any atom is -0.492 e. The van der Waals surface area contributed by atoms with Crippen molar-refractivity contribution in [3.63, 3.8) is 0 Å². The first-order chi connectivity index (χ1) is 15.6. The summed E-state index contributed by atoms with van der Waals surface area (Å²) in [6.45, 7) is 5.28. The van der Waals surface area contributed by atoms with Crippen LogP contribution in [0, 0.1) is 5.92 Å². The van der Waals surface area contributed by atoms with Gasteiger partial charge in [-0.1, -0.05) is 80.1 Å². The van der Waals surface area contributed by atoms with Gasteiger partial charge >= 0.3 is 0 Å². The normalized spacial score (nSPS) is 18.6. The van der Waals surface area contributed by atoms with Gasteiger partial charge < -0.3 is 4.74 Å². The van der Waals surface area contributed by atoms with Crippen LogP contribution >= 0.6 is 31.9 Å². The average molecular weight is 564 g/mol. The third-order valence-electron chi connectivity index (χ3n) is 7.02. The maximum absolute atomic E-state index is 5.86. The zero-order chi connectivity index (χ0) is 22.8. The zero-order valence-electron chi connectivity index (χ0n) is 20.0. The Labute approximate surface area is 213 Å². The molecule has 0 radical (unpaired) electrons. The Bertz CT molecular complexity index is 824. The van der Waals surface area contributed by atoms with Crippen molar-refractivity contribution in [2.24, 2.45) is 5.92 Å². The van der Waals surface area contributed by atoms with Gasteiger partial charge in [0.1, 0.15) is 5.75 Å². The minimum absolute atomic E-state index is 0.733. The van der Waals surface area contributed by atoms with Crippen LogP contribution in [0.15, 0.2) is 45.3 Å². The van der Waals surface area contributed by atoms with Crippen LogP contribution in [0.1, 0.15) is 101 Å². The van der Waals surface area contributed by atoms with Gasteiger partial charge in [-0.2, -0.15) is 0 Å². The number of hydrogen-bond donors (Lipinski definition) is 0. The Morgan fingerprint density at radius 2 is 1.44 bits per heavy atom. The van der Waals surface area contributed by atoms with E-state index in [1.165, 1.54) is 72.5 Å². The number of ether oxygens (including phenoxy) is 1. The van der Waals surface area contributed by atoms with Gasteiger partial charge in [-0.05, 0) is 108 Å². The summed E-state index contributed by atoms with van der Waals surface area (Å²) in [4.78, 5) is 0. The van der Waals surface area contributed by atoms with Crippen molar-refractivity contribution in [2.75, 3.05) is 6.61 Å². The summed E-state index contributed by atoms with van der Waals surface area (Å²) in [6, 6.07) is 13.6. The minimum atomic E-state index is 0.733. The predicted octanol–water partition coefficient (Wildman–Crippen LogP) is 10.0. The van der Waals surface area contributed by atoms with Gasteiger partial charge in [0.05, 0.1) is 11.1 Å². The maximum atomic E-state index is 5.86. The fraction of sp³-hybridized carbons (Fsp3) is 0.586. The quantitative estimate of drug-likeness (QED) is 0.233. The molecule has 3 heteroatoms. The van der Waals surface area contributed by atoms with E-state index in [2.05, 4.69) is 82.1 Å². The van der Waals surface area contributed by atoms with Gasteiger partial charge in [0.15, 0.2) is 0 Å². The van der Waals surface area contributed by atoms with E-state index >= 15 is 0 Å². The summed E-state index contributed by atoms with van der Waals surface area (Å²) in [7, 11) is 0. The van der Waals surface area contributed by atoms with Crippen LogP contribution in [-0.4, -0.2) is 6.61 Å². The number of rotatable bonds is 12. The second-order valence-electron chi connectivity index (χ2n) is 9.54. The SMILES string of the molecule is CCCCCC1CCC(c2ccc(CCc3ccc(OCCCC)c(Br)c3)cc2Br)CC1. The van der Waals surface area contributed by atoms with Crippen LogP contribution in [-0.2, 0) is 12.8 Å². The van der Waals surface area contributed by atoms with Crippen LogP contribution in [0.3, 0.4) is 0 Å². The lowest BCUT2D eigenvalue weighted by Crippen LogP contribution is -2.14. The van der Waals surface area contributed by atoms with E-state index in [1.54, 1.807) is 0 Å².